The summed E-state index contributed by atoms with van der Waals surface area (Å²) in [4.78, 5) is 15.5. The Morgan fingerprint density at radius 1 is 1.11 bits per heavy atom. The number of alkyl halides is 3. The lowest BCUT2D eigenvalue weighted by Crippen LogP contribution is -2.13. The summed E-state index contributed by atoms with van der Waals surface area (Å²) in [5, 5.41) is 3.92. The first-order valence-electron chi connectivity index (χ1n) is 7.98. The molecule has 3 rings (SSSR count). The number of hydrogen-bond donors (Lipinski definition) is 0. The van der Waals surface area contributed by atoms with Gasteiger partial charge >= 0.3 is 12.1 Å². The fourth-order valence-electron chi connectivity index (χ4n) is 2.39. The highest BCUT2D eigenvalue weighted by molar-refractivity contribution is 5.90. The molecule has 0 saturated carbocycles. The molecule has 0 aliphatic rings. The summed E-state index contributed by atoms with van der Waals surface area (Å²) in [6.45, 7) is 3.09. The van der Waals surface area contributed by atoms with E-state index in [4.69, 9.17) is 9.26 Å². The topological polar surface area (TPSA) is 65.2 Å². The minimum Gasteiger partial charge on any atom is -0.454 e. The third-order valence-corrected chi connectivity index (χ3v) is 3.85. The largest absolute Gasteiger partial charge is 0.454 e. The van der Waals surface area contributed by atoms with Crippen molar-refractivity contribution >= 4 is 5.97 Å². The van der Waals surface area contributed by atoms with Gasteiger partial charge in [-0.1, -0.05) is 35.0 Å². The summed E-state index contributed by atoms with van der Waals surface area (Å²) < 4.78 is 48.1. The van der Waals surface area contributed by atoms with Gasteiger partial charge in [0.05, 0.1) is 11.3 Å². The minimum atomic E-state index is -4.57. The van der Waals surface area contributed by atoms with Crippen LogP contribution in [0.4, 0.5) is 13.2 Å². The van der Waals surface area contributed by atoms with E-state index in [1.807, 2.05) is 31.2 Å². The molecule has 2 aromatic heterocycles. The van der Waals surface area contributed by atoms with Gasteiger partial charge in [0.15, 0.2) is 12.4 Å². The second-order valence-electron chi connectivity index (χ2n) is 5.95. The lowest BCUT2D eigenvalue weighted by molar-refractivity contribution is -0.141. The van der Waals surface area contributed by atoms with Gasteiger partial charge in [0.2, 0.25) is 0 Å². The Bertz CT molecular complexity index is 963. The lowest BCUT2D eigenvalue weighted by atomic mass is 10.1. The third-order valence-electron chi connectivity index (χ3n) is 3.85. The summed E-state index contributed by atoms with van der Waals surface area (Å²) in [7, 11) is 0. The minimum absolute atomic E-state index is 0.0405. The van der Waals surface area contributed by atoms with Crippen molar-refractivity contribution in [3.63, 3.8) is 0 Å². The van der Waals surface area contributed by atoms with Crippen LogP contribution >= 0.6 is 0 Å². The molecule has 0 fully saturated rings. The Hall–Kier alpha value is -3.16. The van der Waals surface area contributed by atoms with E-state index in [-0.39, 0.29) is 17.9 Å². The zero-order valence-corrected chi connectivity index (χ0v) is 14.5. The second kappa shape index (κ2) is 7.22. The van der Waals surface area contributed by atoms with Gasteiger partial charge in [-0.25, -0.2) is 9.78 Å². The molecule has 1 aromatic carbocycles. The standard InChI is InChI=1S/C19H15F3N2O3/c1-11-3-5-13(6-4-11)16-9-14(27-24-16)10-26-18(25)15-7-8-17(19(20,21)22)23-12(15)2/h3-9H,10H2,1-2H3. The fraction of sp³-hybridized carbons (Fsp3) is 0.211. The van der Waals surface area contributed by atoms with E-state index in [9.17, 15) is 18.0 Å². The van der Waals surface area contributed by atoms with Crippen molar-refractivity contribution in [1.29, 1.82) is 0 Å². The van der Waals surface area contributed by atoms with Gasteiger partial charge in [-0.15, -0.1) is 0 Å². The Balaban J connectivity index is 1.67. The molecule has 0 unspecified atom stereocenters. The van der Waals surface area contributed by atoms with Crippen LogP contribution in [-0.4, -0.2) is 16.1 Å². The summed E-state index contributed by atoms with van der Waals surface area (Å²) in [5.41, 5.74) is 1.39. The summed E-state index contributed by atoms with van der Waals surface area (Å²) >= 11 is 0. The number of halogens is 3. The molecule has 0 saturated heterocycles. The Labute approximate surface area is 152 Å². The zero-order valence-electron chi connectivity index (χ0n) is 14.5. The molecule has 5 nitrogen and oxygen atoms in total. The average Bonchev–Trinajstić information content (AvgIpc) is 3.08. The van der Waals surface area contributed by atoms with E-state index in [0.717, 1.165) is 23.3 Å². The maximum absolute atomic E-state index is 12.6. The van der Waals surface area contributed by atoms with E-state index in [1.165, 1.54) is 6.92 Å². The summed E-state index contributed by atoms with van der Waals surface area (Å²) in [6, 6.07) is 11.1. The number of hydrogen-bond acceptors (Lipinski definition) is 5. The SMILES string of the molecule is Cc1ccc(-c2cc(COC(=O)c3ccc(C(F)(F)F)nc3C)on2)cc1. The van der Waals surface area contributed by atoms with E-state index in [1.54, 1.807) is 6.07 Å². The van der Waals surface area contributed by atoms with Gasteiger partial charge in [-0.3, -0.25) is 0 Å². The highest BCUT2D eigenvalue weighted by Gasteiger charge is 2.33. The number of nitrogens with zero attached hydrogens (tertiary/aromatic N) is 2. The Morgan fingerprint density at radius 2 is 1.81 bits per heavy atom. The van der Waals surface area contributed by atoms with Crippen LogP contribution in [0.25, 0.3) is 11.3 Å². The molecule has 3 aromatic rings. The third kappa shape index (κ3) is 4.33. The van der Waals surface area contributed by atoms with Crippen molar-refractivity contribution in [3.05, 3.63) is 70.7 Å². The monoisotopic (exact) mass is 376 g/mol. The average molecular weight is 376 g/mol. The number of ether oxygens (including phenoxy) is 1. The van der Waals surface area contributed by atoms with E-state index in [2.05, 4.69) is 10.1 Å². The lowest BCUT2D eigenvalue weighted by Gasteiger charge is -2.09. The molecule has 0 spiro atoms. The van der Waals surface area contributed by atoms with Crippen LogP contribution in [0.3, 0.4) is 0 Å². The smallest absolute Gasteiger partial charge is 0.433 e. The molecular weight excluding hydrogens is 361 g/mol. The maximum atomic E-state index is 12.6. The quantitative estimate of drug-likeness (QED) is 0.616. The number of aromatic nitrogens is 2. The molecule has 0 aliphatic carbocycles. The number of carbonyl (C=O) groups excluding carboxylic acids is 1. The molecule has 0 atom stereocenters. The van der Waals surface area contributed by atoms with Crippen molar-refractivity contribution in [1.82, 2.24) is 10.1 Å². The zero-order chi connectivity index (χ0) is 19.6. The second-order valence-corrected chi connectivity index (χ2v) is 5.95. The summed E-state index contributed by atoms with van der Waals surface area (Å²) in [6.07, 6.45) is -4.57. The number of benzene rings is 1. The van der Waals surface area contributed by atoms with Crippen LogP contribution in [0.5, 0.6) is 0 Å². The van der Waals surface area contributed by atoms with Crippen molar-refractivity contribution < 1.29 is 27.2 Å². The highest BCUT2D eigenvalue weighted by Crippen LogP contribution is 2.28. The van der Waals surface area contributed by atoms with E-state index >= 15 is 0 Å². The molecular formula is C19H15F3N2O3. The van der Waals surface area contributed by atoms with Crippen LogP contribution in [0, 0.1) is 13.8 Å². The Kier molecular flexibility index (Phi) is 4.98. The van der Waals surface area contributed by atoms with Crippen molar-refractivity contribution in [2.24, 2.45) is 0 Å². The van der Waals surface area contributed by atoms with Crippen LogP contribution in [0.15, 0.2) is 47.0 Å². The molecule has 2 heterocycles. The van der Waals surface area contributed by atoms with Crippen molar-refractivity contribution in [2.75, 3.05) is 0 Å². The van der Waals surface area contributed by atoms with Crippen LogP contribution in [-0.2, 0) is 17.5 Å². The normalized spacial score (nSPS) is 11.4. The predicted octanol–water partition coefficient (Wildman–Crippen LogP) is 4.73. The number of rotatable bonds is 4. The van der Waals surface area contributed by atoms with Gasteiger partial charge in [0.25, 0.3) is 0 Å². The number of pyridine rings is 1. The molecule has 140 valence electrons. The number of esters is 1. The van der Waals surface area contributed by atoms with Crippen LogP contribution in [0.2, 0.25) is 0 Å². The van der Waals surface area contributed by atoms with Crippen LogP contribution < -0.4 is 0 Å². The molecule has 0 aliphatic heterocycles. The van der Waals surface area contributed by atoms with Gasteiger partial charge in [0, 0.05) is 11.6 Å². The van der Waals surface area contributed by atoms with E-state index in [0.29, 0.717) is 11.5 Å². The Morgan fingerprint density at radius 3 is 2.44 bits per heavy atom. The molecule has 0 radical (unpaired) electrons. The number of carbonyl (C=O) groups is 1. The predicted molar refractivity (Wildman–Crippen MR) is 89.8 cm³/mol. The van der Waals surface area contributed by atoms with Gasteiger partial charge in [0.1, 0.15) is 11.4 Å². The van der Waals surface area contributed by atoms with Gasteiger partial charge < -0.3 is 9.26 Å². The first-order valence-corrected chi connectivity index (χ1v) is 7.98. The van der Waals surface area contributed by atoms with Gasteiger partial charge in [-0.2, -0.15) is 13.2 Å². The van der Waals surface area contributed by atoms with E-state index < -0.39 is 17.8 Å². The number of aryl methyl sites for hydroxylation is 2. The molecule has 27 heavy (non-hydrogen) atoms. The van der Waals surface area contributed by atoms with Gasteiger partial charge in [-0.05, 0) is 26.0 Å². The van der Waals surface area contributed by atoms with Crippen molar-refractivity contribution in [2.45, 2.75) is 26.6 Å². The molecule has 0 N–H and O–H groups in total. The first-order chi connectivity index (χ1) is 12.7. The molecule has 8 heteroatoms. The summed E-state index contributed by atoms with van der Waals surface area (Å²) in [5.74, 6) is -0.474. The molecule has 0 amide bonds. The first kappa shape index (κ1) is 18.6. The van der Waals surface area contributed by atoms with Crippen LogP contribution in [0.1, 0.15) is 33.1 Å². The fourth-order valence-corrected chi connectivity index (χ4v) is 2.39. The maximum Gasteiger partial charge on any atom is 0.433 e. The molecule has 0 bridgehead atoms. The van der Waals surface area contributed by atoms with Crippen molar-refractivity contribution in [3.8, 4) is 11.3 Å². The highest BCUT2D eigenvalue weighted by atomic mass is 19.4.